The summed E-state index contributed by atoms with van der Waals surface area (Å²) in [5.74, 6) is -3.14. The van der Waals surface area contributed by atoms with Gasteiger partial charge in [0, 0.05) is 7.11 Å². The van der Waals surface area contributed by atoms with Crippen LogP contribution < -0.4 is 29.6 Å². The van der Waals surface area contributed by atoms with Gasteiger partial charge in [-0.25, -0.2) is 9.59 Å². The number of hydrogen-bond acceptors (Lipinski definition) is 4. The van der Waals surface area contributed by atoms with E-state index in [0.29, 0.717) is 0 Å². The molecule has 0 rings (SSSR count). The van der Waals surface area contributed by atoms with Gasteiger partial charge in [-0.1, -0.05) is 0 Å². The summed E-state index contributed by atoms with van der Waals surface area (Å²) in [6, 6.07) is 0. The summed E-state index contributed by atoms with van der Waals surface area (Å²) in [7, 11) is 1.00. The molecule has 7 heteroatoms. The van der Waals surface area contributed by atoms with Crippen LogP contribution in [0, 0.1) is 0 Å². The van der Waals surface area contributed by atoms with Crippen molar-refractivity contribution in [3.05, 3.63) is 0 Å². The van der Waals surface area contributed by atoms with E-state index in [9.17, 15) is 9.59 Å². The maximum Gasteiger partial charge on any atom is 1.00 e. The molecule has 6 nitrogen and oxygen atoms in total. The predicted molar refractivity (Wildman–Crippen MR) is 33.2 cm³/mol. The molecule has 12 heavy (non-hydrogen) atoms. The van der Waals surface area contributed by atoms with E-state index in [1.165, 1.54) is 0 Å². The minimum absolute atomic E-state index is 0. The van der Waals surface area contributed by atoms with E-state index in [1.54, 1.807) is 0 Å². The fourth-order valence-corrected chi connectivity index (χ4v) is 0.494. The minimum Gasteiger partial charge on any atom is -1.00 e. The summed E-state index contributed by atoms with van der Waals surface area (Å²) >= 11 is 0. The second kappa shape index (κ2) is 6.38. The van der Waals surface area contributed by atoms with Crippen molar-refractivity contribution in [2.24, 2.45) is 0 Å². The summed E-state index contributed by atoms with van der Waals surface area (Å²) in [5.41, 5.74) is 0. The van der Waals surface area contributed by atoms with E-state index in [-0.39, 0.29) is 31.0 Å². The zero-order valence-corrected chi connectivity index (χ0v) is 8.72. The number of carbonyl (C=O) groups is 2. The van der Waals surface area contributed by atoms with Gasteiger partial charge in [0.2, 0.25) is 0 Å². The first kappa shape index (κ1) is 14.4. The first-order valence-corrected chi connectivity index (χ1v) is 2.67. The second-order valence-corrected chi connectivity index (χ2v) is 1.78. The van der Waals surface area contributed by atoms with Gasteiger partial charge in [0.1, 0.15) is 0 Å². The Morgan fingerprint density at radius 3 is 1.83 bits per heavy atom. The molecule has 0 bridgehead atoms. The van der Waals surface area contributed by atoms with Crippen molar-refractivity contribution in [2.75, 3.05) is 7.11 Å². The molecule has 0 aromatic rings. The molecule has 0 saturated heterocycles. The van der Waals surface area contributed by atoms with Crippen LogP contribution in [0.3, 0.4) is 0 Å². The van der Waals surface area contributed by atoms with Crippen molar-refractivity contribution in [3.63, 3.8) is 0 Å². The third-order valence-electron chi connectivity index (χ3n) is 1.04. The Morgan fingerprint density at radius 1 is 1.33 bits per heavy atom. The quantitative estimate of drug-likeness (QED) is 0.385. The fraction of sp³-hybridized carbons (Fsp3) is 0.600. The molecule has 0 aromatic carbocycles. The van der Waals surface area contributed by atoms with Crippen LogP contribution in [0.25, 0.3) is 0 Å². The number of carboxylic acid groups (broad SMARTS) is 2. The van der Waals surface area contributed by atoms with Crippen molar-refractivity contribution in [1.82, 2.24) is 0 Å². The number of hydrogen-bond donors (Lipinski definition) is 3. The molecule has 0 aliphatic carbocycles. The molecule has 0 aliphatic heterocycles. The maximum absolute atomic E-state index is 10.1. The molecule has 0 aromatic heterocycles. The van der Waals surface area contributed by atoms with Crippen LogP contribution in [0.5, 0.6) is 0 Å². The molecule has 0 spiro atoms. The molecular weight excluding hydrogens is 179 g/mol. The molecule has 66 valence electrons. The monoisotopic (exact) mass is 188 g/mol. The summed E-state index contributed by atoms with van der Waals surface area (Å²) in [6.07, 6.45) is -3.75. The SMILES string of the molecule is COC(C(=O)O)C(O)C(=O)O.[H-].[Na+]. The van der Waals surface area contributed by atoms with Gasteiger partial charge in [0.15, 0.2) is 12.2 Å². The molecule has 0 radical (unpaired) electrons. The van der Waals surface area contributed by atoms with E-state index >= 15 is 0 Å². The zero-order chi connectivity index (χ0) is 9.02. The summed E-state index contributed by atoms with van der Waals surface area (Å²) in [5, 5.41) is 25.0. The van der Waals surface area contributed by atoms with Crippen molar-refractivity contribution >= 4 is 11.9 Å². The van der Waals surface area contributed by atoms with Crippen LogP contribution in [0.15, 0.2) is 0 Å². The molecule has 0 heterocycles. The van der Waals surface area contributed by atoms with E-state index in [4.69, 9.17) is 15.3 Å². The molecule has 0 amide bonds. The van der Waals surface area contributed by atoms with Crippen LogP contribution in [-0.4, -0.2) is 46.6 Å². The third kappa shape index (κ3) is 4.03. The summed E-state index contributed by atoms with van der Waals surface area (Å²) < 4.78 is 4.20. The van der Waals surface area contributed by atoms with Crippen molar-refractivity contribution in [3.8, 4) is 0 Å². The maximum atomic E-state index is 10.1. The van der Waals surface area contributed by atoms with Gasteiger partial charge in [0.05, 0.1) is 0 Å². The first-order valence-electron chi connectivity index (χ1n) is 2.67. The molecule has 3 N–H and O–H groups in total. The van der Waals surface area contributed by atoms with Crippen LogP contribution in [-0.2, 0) is 14.3 Å². The van der Waals surface area contributed by atoms with Gasteiger partial charge in [0.25, 0.3) is 0 Å². The number of aliphatic carboxylic acids is 2. The summed E-state index contributed by atoms with van der Waals surface area (Å²) in [4.78, 5) is 20.1. The number of aliphatic hydroxyl groups excluding tert-OH is 1. The van der Waals surface area contributed by atoms with Gasteiger partial charge >= 0.3 is 41.5 Å². The topological polar surface area (TPSA) is 104 Å². The fourth-order valence-electron chi connectivity index (χ4n) is 0.494. The Morgan fingerprint density at radius 2 is 1.75 bits per heavy atom. The van der Waals surface area contributed by atoms with Crippen molar-refractivity contribution < 1.29 is 60.6 Å². The van der Waals surface area contributed by atoms with E-state index in [1.807, 2.05) is 0 Å². The van der Waals surface area contributed by atoms with Crippen LogP contribution in [0.1, 0.15) is 1.43 Å². The van der Waals surface area contributed by atoms with Crippen molar-refractivity contribution in [2.45, 2.75) is 12.2 Å². The Hall–Kier alpha value is -0.140. The van der Waals surface area contributed by atoms with Gasteiger partial charge in [-0.15, -0.1) is 0 Å². The number of rotatable bonds is 4. The van der Waals surface area contributed by atoms with Gasteiger partial charge in [-0.05, 0) is 0 Å². The minimum atomic E-state index is -2.03. The normalized spacial score (nSPS) is 14.2. The first-order chi connectivity index (χ1) is 5.00. The molecule has 2 atom stereocenters. The average molecular weight is 188 g/mol. The molecule has 0 aliphatic rings. The average Bonchev–Trinajstić information content (AvgIpc) is 1.88. The van der Waals surface area contributed by atoms with Gasteiger partial charge < -0.3 is 21.5 Å². The molecule has 0 fully saturated rings. The van der Waals surface area contributed by atoms with Crippen LogP contribution in [0.2, 0.25) is 0 Å². The van der Waals surface area contributed by atoms with E-state index in [0.717, 1.165) is 7.11 Å². The number of carboxylic acids is 2. The standard InChI is InChI=1S/C5H8O6.Na.H/c1-11-3(5(9)10)2(6)4(7)8;;/h2-3,6H,1H3,(H,7,8)(H,9,10);;/q;+1;-1. The zero-order valence-electron chi connectivity index (χ0n) is 7.72. The van der Waals surface area contributed by atoms with Gasteiger partial charge in [-0.3, -0.25) is 0 Å². The Bertz CT molecular complexity index is 174. The van der Waals surface area contributed by atoms with Crippen LogP contribution in [0.4, 0.5) is 0 Å². The third-order valence-corrected chi connectivity index (χ3v) is 1.04. The molecular formula is C5H9NaO6. The summed E-state index contributed by atoms with van der Waals surface area (Å²) in [6.45, 7) is 0. The smallest absolute Gasteiger partial charge is 1.00 e. The predicted octanol–water partition coefficient (Wildman–Crippen LogP) is -4.35. The Balaban J connectivity index is -0.000000500. The Labute approximate surface area is 91.9 Å². The van der Waals surface area contributed by atoms with Crippen molar-refractivity contribution in [1.29, 1.82) is 0 Å². The molecule has 0 saturated carbocycles. The number of aliphatic hydroxyl groups is 1. The number of methoxy groups -OCH3 is 1. The van der Waals surface area contributed by atoms with E-state index < -0.39 is 24.1 Å². The van der Waals surface area contributed by atoms with E-state index in [2.05, 4.69) is 4.74 Å². The largest absolute Gasteiger partial charge is 1.00 e. The van der Waals surface area contributed by atoms with Gasteiger partial charge in [-0.2, -0.15) is 0 Å². The molecule has 2 unspecified atom stereocenters. The van der Waals surface area contributed by atoms with Crippen LogP contribution >= 0.6 is 0 Å². The second-order valence-electron chi connectivity index (χ2n) is 1.78. The number of ether oxygens (including phenoxy) is 1. The Kier molecular flexibility index (Phi) is 7.65.